The van der Waals surface area contributed by atoms with Crippen molar-refractivity contribution in [3.8, 4) is 0 Å². The van der Waals surface area contributed by atoms with Crippen LogP contribution in [0.4, 0.5) is 0 Å². The van der Waals surface area contributed by atoms with Crippen molar-refractivity contribution in [3.05, 3.63) is 17.5 Å². The summed E-state index contributed by atoms with van der Waals surface area (Å²) in [4.78, 5) is 14.6. The summed E-state index contributed by atoms with van der Waals surface area (Å²) in [6.45, 7) is 3.95. The van der Waals surface area contributed by atoms with E-state index in [-0.39, 0.29) is 5.91 Å². The van der Waals surface area contributed by atoms with Crippen LogP contribution in [0.2, 0.25) is 0 Å². The first-order chi connectivity index (χ1) is 9.78. The zero-order chi connectivity index (χ0) is 13.9. The van der Waals surface area contributed by atoms with Crippen molar-refractivity contribution in [1.82, 2.24) is 15.1 Å². The van der Waals surface area contributed by atoms with Crippen molar-refractivity contribution < 1.29 is 4.79 Å². The number of rotatable bonds is 4. The first-order valence-electron chi connectivity index (χ1n) is 7.74. The zero-order valence-electron chi connectivity index (χ0n) is 12.1. The van der Waals surface area contributed by atoms with E-state index in [2.05, 4.69) is 17.1 Å². The molecule has 2 aliphatic rings. The number of carbonyl (C=O) groups excluding carboxylic acids is 1. The SMILES string of the molecule is CCSC1CCCCN(C(=O)c2cc(C3CC3)[nH]n2)C1. The van der Waals surface area contributed by atoms with Crippen LogP contribution < -0.4 is 0 Å². The highest BCUT2D eigenvalue weighted by Gasteiger charge is 2.28. The molecule has 4 nitrogen and oxygen atoms in total. The number of hydrogen-bond acceptors (Lipinski definition) is 3. The van der Waals surface area contributed by atoms with Crippen LogP contribution in [0, 0.1) is 0 Å². The van der Waals surface area contributed by atoms with Crippen LogP contribution in [0.25, 0.3) is 0 Å². The van der Waals surface area contributed by atoms with Crippen LogP contribution in [0.1, 0.15) is 61.1 Å². The topological polar surface area (TPSA) is 49.0 Å². The van der Waals surface area contributed by atoms with Gasteiger partial charge in [-0.2, -0.15) is 16.9 Å². The van der Waals surface area contributed by atoms with Crippen LogP contribution in [-0.2, 0) is 0 Å². The van der Waals surface area contributed by atoms with Crippen molar-refractivity contribution in [2.24, 2.45) is 0 Å². The van der Waals surface area contributed by atoms with Crippen LogP contribution in [0.15, 0.2) is 6.07 Å². The fourth-order valence-electron chi connectivity index (χ4n) is 2.87. The molecule has 2 fully saturated rings. The van der Waals surface area contributed by atoms with Gasteiger partial charge in [0.1, 0.15) is 5.69 Å². The van der Waals surface area contributed by atoms with Crippen molar-refractivity contribution in [1.29, 1.82) is 0 Å². The Bertz CT molecular complexity index is 469. The highest BCUT2D eigenvalue weighted by Crippen LogP contribution is 2.39. The molecule has 1 N–H and O–H groups in total. The van der Waals surface area contributed by atoms with E-state index < -0.39 is 0 Å². The van der Waals surface area contributed by atoms with Gasteiger partial charge in [0.2, 0.25) is 0 Å². The van der Waals surface area contributed by atoms with Gasteiger partial charge in [-0.05, 0) is 37.5 Å². The average molecular weight is 293 g/mol. The van der Waals surface area contributed by atoms with E-state index in [0.717, 1.165) is 31.0 Å². The van der Waals surface area contributed by atoms with Crippen molar-refractivity contribution in [2.75, 3.05) is 18.8 Å². The van der Waals surface area contributed by atoms with E-state index in [1.165, 1.54) is 25.7 Å². The maximum Gasteiger partial charge on any atom is 0.274 e. The number of thioether (sulfide) groups is 1. The monoisotopic (exact) mass is 293 g/mol. The third kappa shape index (κ3) is 3.19. The molecular formula is C15H23N3OS. The Labute approximate surface area is 124 Å². The maximum atomic E-state index is 12.6. The number of H-pyrrole nitrogens is 1. The molecule has 110 valence electrons. The fraction of sp³-hybridized carbons (Fsp3) is 0.733. The van der Waals surface area contributed by atoms with Gasteiger partial charge < -0.3 is 4.90 Å². The number of nitrogens with one attached hydrogen (secondary N) is 1. The minimum absolute atomic E-state index is 0.108. The van der Waals surface area contributed by atoms with Crippen molar-refractivity contribution >= 4 is 17.7 Å². The van der Waals surface area contributed by atoms with Crippen molar-refractivity contribution in [2.45, 2.75) is 50.2 Å². The molecule has 1 aromatic rings. The first-order valence-corrected chi connectivity index (χ1v) is 8.79. The number of hydrogen-bond donors (Lipinski definition) is 1. The van der Waals surface area contributed by atoms with Gasteiger partial charge in [-0.1, -0.05) is 13.3 Å². The molecule has 1 aliphatic heterocycles. The lowest BCUT2D eigenvalue weighted by molar-refractivity contribution is 0.0757. The van der Waals surface area contributed by atoms with Gasteiger partial charge in [-0.25, -0.2) is 0 Å². The molecule has 1 amide bonds. The van der Waals surface area contributed by atoms with Crippen LogP contribution in [-0.4, -0.2) is 45.1 Å². The van der Waals surface area contributed by atoms with E-state index in [0.29, 0.717) is 16.9 Å². The van der Waals surface area contributed by atoms with Crippen LogP contribution >= 0.6 is 11.8 Å². The summed E-state index contributed by atoms with van der Waals surface area (Å²) in [5.74, 6) is 1.86. The summed E-state index contributed by atoms with van der Waals surface area (Å²) in [5.41, 5.74) is 1.75. The minimum atomic E-state index is 0.108. The molecule has 1 saturated carbocycles. The Hall–Kier alpha value is -0.970. The molecule has 1 unspecified atom stereocenters. The van der Waals surface area contributed by atoms with E-state index in [1.807, 2.05) is 22.7 Å². The predicted molar refractivity (Wildman–Crippen MR) is 82.2 cm³/mol. The molecule has 1 aromatic heterocycles. The highest BCUT2D eigenvalue weighted by molar-refractivity contribution is 7.99. The predicted octanol–water partition coefficient (Wildman–Crippen LogP) is 3.03. The molecule has 1 aliphatic carbocycles. The van der Waals surface area contributed by atoms with Crippen LogP contribution in [0.5, 0.6) is 0 Å². The number of amides is 1. The summed E-state index contributed by atoms with van der Waals surface area (Å²) in [7, 11) is 0. The van der Waals surface area contributed by atoms with Crippen LogP contribution in [0.3, 0.4) is 0 Å². The Morgan fingerprint density at radius 1 is 1.45 bits per heavy atom. The highest BCUT2D eigenvalue weighted by atomic mass is 32.2. The number of nitrogens with zero attached hydrogens (tertiary/aromatic N) is 2. The quantitative estimate of drug-likeness (QED) is 0.928. The van der Waals surface area contributed by atoms with Gasteiger partial charge in [0.05, 0.1) is 0 Å². The molecule has 5 heteroatoms. The van der Waals surface area contributed by atoms with E-state index in [1.54, 1.807) is 0 Å². The van der Waals surface area contributed by atoms with Gasteiger partial charge in [0.25, 0.3) is 5.91 Å². The lowest BCUT2D eigenvalue weighted by Crippen LogP contribution is -2.35. The summed E-state index contributed by atoms with van der Waals surface area (Å²) in [5, 5.41) is 7.86. The standard InChI is InChI=1S/C15H23N3OS/c1-2-20-12-5-3-4-8-18(10-12)15(19)14-9-13(16-17-14)11-6-7-11/h9,11-12H,2-8,10H2,1H3,(H,16,17). The average Bonchev–Trinajstić information content (AvgIpc) is 3.22. The lowest BCUT2D eigenvalue weighted by atomic mass is 10.2. The summed E-state index contributed by atoms with van der Waals surface area (Å²) in [6, 6.07) is 1.97. The Balaban J connectivity index is 1.67. The van der Waals surface area contributed by atoms with Gasteiger partial charge in [-0.3, -0.25) is 9.89 Å². The number of aromatic nitrogens is 2. The molecule has 2 heterocycles. The van der Waals surface area contributed by atoms with E-state index >= 15 is 0 Å². The van der Waals surface area contributed by atoms with Crippen molar-refractivity contribution in [3.63, 3.8) is 0 Å². The lowest BCUT2D eigenvalue weighted by Gasteiger charge is -2.23. The second kappa shape index (κ2) is 6.20. The molecule has 0 aromatic carbocycles. The molecular weight excluding hydrogens is 270 g/mol. The van der Waals surface area contributed by atoms with Gasteiger partial charge in [0.15, 0.2) is 0 Å². The molecule has 20 heavy (non-hydrogen) atoms. The van der Waals surface area contributed by atoms with E-state index in [4.69, 9.17) is 0 Å². The van der Waals surface area contributed by atoms with Gasteiger partial charge in [0, 0.05) is 30.0 Å². The Kier molecular flexibility index (Phi) is 4.34. The Morgan fingerprint density at radius 2 is 2.30 bits per heavy atom. The molecule has 0 bridgehead atoms. The summed E-state index contributed by atoms with van der Waals surface area (Å²) < 4.78 is 0. The second-order valence-electron chi connectivity index (χ2n) is 5.81. The number of aromatic amines is 1. The number of likely N-dealkylation sites (tertiary alicyclic amines) is 1. The number of carbonyl (C=O) groups is 1. The maximum absolute atomic E-state index is 12.6. The molecule has 3 rings (SSSR count). The minimum Gasteiger partial charge on any atom is -0.336 e. The molecule has 0 radical (unpaired) electrons. The Morgan fingerprint density at radius 3 is 3.05 bits per heavy atom. The largest absolute Gasteiger partial charge is 0.336 e. The summed E-state index contributed by atoms with van der Waals surface area (Å²) in [6.07, 6.45) is 6.04. The zero-order valence-corrected chi connectivity index (χ0v) is 12.9. The smallest absolute Gasteiger partial charge is 0.274 e. The normalized spacial score (nSPS) is 23.6. The third-order valence-corrected chi connectivity index (χ3v) is 5.34. The molecule has 1 atom stereocenters. The molecule has 0 spiro atoms. The summed E-state index contributed by atoms with van der Waals surface area (Å²) >= 11 is 1.98. The fourth-order valence-corrected chi connectivity index (χ4v) is 3.96. The molecule has 1 saturated heterocycles. The first kappa shape index (κ1) is 14.0. The van der Waals surface area contributed by atoms with E-state index in [9.17, 15) is 4.79 Å². The van der Waals surface area contributed by atoms with Gasteiger partial charge in [-0.15, -0.1) is 0 Å². The second-order valence-corrected chi connectivity index (χ2v) is 7.38. The third-order valence-electron chi connectivity index (χ3n) is 4.15. The van der Waals surface area contributed by atoms with Gasteiger partial charge >= 0.3 is 0 Å².